The Bertz CT molecular complexity index is 703. The molecule has 1 aromatic carbocycles. The van der Waals surface area contributed by atoms with Crippen LogP contribution < -0.4 is 5.23 Å². The number of carbonyl (C=O) groups is 2. The molecule has 1 heterocycles. The fraction of sp³-hybridized carbons (Fsp3) is 0.529. The zero-order valence-corrected chi connectivity index (χ0v) is 18.2. The van der Waals surface area contributed by atoms with E-state index >= 15 is 0 Å². The third-order valence-electron chi connectivity index (χ3n) is 3.72. The van der Waals surface area contributed by atoms with Crippen LogP contribution in [-0.2, 0) is 30.6 Å². The Kier molecular flexibility index (Phi) is 5.45. The first-order valence-electron chi connectivity index (χ1n) is 7.70. The number of anilines is 1. The van der Waals surface area contributed by atoms with Gasteiger partial charge < -0.3 is 4.74 Å². The number of hydrogen-bond donors (Lipinski definition) is 0. The van der Waals surface area contributed by atoms with Crippen LogP contribution in [0.5, 0.6) is 0 Å². The van der Waals surface area contributed by atoms with Crippen molar-refractivity contribution in [3.63, 3.8) is 0 Å². The van der Waals surface area contributed by atoms with Crippen LogP contribution in [-0.4, -0.2) is 12.3 Å². The van der Waals surface area contributed by atoms with Gasteiger partial charge in [0.2, 0.25) is 0 Å². The van der Waals surface area contributed by atoms with Gasteiger partial charge in [0, 0.05) is 5.33 Å². The molecule has 1 aliphatic rings. The second kappa shape index (κ2) is 6.79. The molecular weight excluding hydrogens is 458 g/mol. The molecule has 0 N–H and O–H groups in total. The molecule has 1 fully saturated rings. The quantitative estimate of drug-likeness (QED) is 0.300. The van der Waals surface area contributed by atoms with Gasteiger partial charge in [0.15, 0.2) is 0 Å². The third kappa shape index (κ3) is 4.11. The summed E-state index contributed by atoms with van der Waals surface area (Å²) in [5, 5.41) is 1.45. The van der Waals surface area contributed by atoms with E-state index in [0.717, 1.165) is 21.9 Å². The molecule has 0 atom stereocenters. The minimum Gasteiger partial charge on any atom is -0.324 e. The Hall–Kier alpha value is -1.28. The molecule has 0 unspecified atom stereocenters. The number of alkyl halides is 1. The van der Waals surface area contributed by atoms with Crippen LogP contribution in [0.4, 0.5) is 15.3 Å². The van der Waals surface area contributed by atoms with Crippen molar-refractivity contribution in [2.24, 2.45) is 0 Å². The zero-order chi connectivity index (χ0) is 19.2. The summed E-state index contributed by atoms with van der Waals surface area (Å²) in [5.74, 6) is 0. The second-order valence-electron chi connectivity index (χ2n) is 7.79. The number of nitrogens with zero attached hydrogens (tertiary/aromatic N) is 1. The van der Waals surface area contributed by atoms with E-state index in [9.17, 15) is 9.59 Å². The topological polar surface area (TPSA) is 65.1 Å². The highest BCUT2D eigenvalue weighted by atomic mass is 79.9. The van der Waals surface area contributed by atoms with Gasteiger partial charge in [-0.2, -0.15) is 0 Å². The molecule has 0 aliphatic carbocycles. The number of ether oxygens (including phenoxy) is 1. The highest BCUT2D eigenvalue weighted by Gasteiger charge is 2.35. The van der Waals surface area contributed by atoms with Gasteiger partial charge in [0.25, 0.3) is 0 Å². The Morgan fingerprint density at radius 2 is 1.52 bits per heavy atom. The SMILES string of the molecule is CC(C)(C)c1cc(N2OC(=O)OC(=O)O2)c(Br)c(C(C)(C)C)c1CBr. The summed E-state index contributed by atoms with van der Waals surface area (Å²) in [6.45, 7) is 12.5. The van der Waals surface area contributed by atoms with Gasteiger partial charge in [-0.25, -0.2) is 9.59 Å². The maximum Gasteiger partial charge on any atom is 0.546 e. The lowest BCUT2D eigenvalue weighted by molar-refractivity contribution is -0.0915. The van der Waals surface area contributed by atoms with Crippen molar-refractivity contribution < 1.29 is 24.0 Å². The summed E-state index contributed by atoms with van der Waals surface area (Å²) in [4.78, 5) is 32.7. The monoisotopic (exact) mass is 477 g/mol. The maximum atomic E-state index is 11.4. The van der Waals surface area contributed by atoms with Gasteiger partial charge in [0.1, 0.15) is 5.69 Å². The van der Waals surface area contributed by atoms with Crippen molar-refractivity contribution in [1.29, 1.82) is 0 Å². The van der Waals surface area contributed by atoms with E-state index in [-0.39, 0.29) is 10.8 Å². The fourth-order valence-electron chi connectivity index (χ4n) is 2.76. The molecular formula is C17H21Br2NO5. The van der Waals surface area contributed by atoms with Gasteiger partial charge in [-0.3, -0.25) is 9.68 Å². The average molecular weight is 479 g/mol. The molecule has 1 aliphatic heterocycles. The standard InChI is InChI=1S/C17H21Br2NO5/c1-16(2,3)10-7-11(20-24-14(21)23-15(22)25-20)13(19)12(9(10)8-18)17(4,5)6/h7H,8H2,1-6H3. The maximum absolute atomic E-state index is 11.4. The molecule has 1 saturated heterocycles. The van der Waals surface area contributed by atoms with Crippen LogP contribution in [0.2, 0.25) is 0 Å². The molecule has 0 bridgehead atoms. The van der Waals surface area contributed by atoms with Gasteiger partial charge >= 0.3 is 12.3 Å². The van der Waals surface area contributed by atoms with Gasteiger partial charge in [-0.1, -0.05) is 57.5 Å². The number of halogens is 2. The molecule has 0 radical (unpaired) electrons. The summed E-state index contributed by atoms with van der Waals surface area (Å²) >= 11 is 7.19. The van der Waals surface area contributed by atoms with Gasteiger partial charge in [0.05, 0.1) is 4.47 Å². The van der Waals surface area contributed by atoms with Crippen LogP contribution in [0.3, 0.4) is 0 Å². The third-order valence-corrected chi connectivity index (χ3v) is 5.09. The first-order chi connectivity index (χ1) is 11.4. The summed E-state index contributed by atoms with van der Waals surface area (Å²) < 4.78 is 4.92. The average Bonchev–Trinajstić information content (AvgIpc) is 2.42. The lowest BCUT2D eigenvalue weighted by atomic mass is 9.76. The minimum atomic E-state index is -1.14. The molecule has 138 valence electrons. The van der Waals surface area contributed by atoms with E-state index < -0.39 is 12.3 Å². The normalized spacial score (nSPS) is 15.6. The van der Waals surface area contributed by atoms with E-state index in [1.165, 1.54) is 0 Å². The Morgan fingerprint density at radius 1 is 1.00 bits per heavy atom. The fourth-order valence-corrected chi connectivity index (χ4v) is 4.44. The van der Waals surface area contributed by atoms with E-state index in [2.05, 4.69) is 78.1 Å². The number of hydrogen-bond acceptors (Lipinski definition) is 6. The lowest BCUT2D eigenvalue weighted by Crippen LogP contribution is -2.38. The van der Waals surface area contributed by atoms with E-state index in [0.29, 0.717) is 15.5 Å². The number of benzene rings is 1. The van der Waals surface area contributed by atoms with Crippen molar-refractivity contribution in [3.8, 4) is 0 Å². The molecule has 2 rings (SSSR count). The van der Waals surface area contributed by atoms with Crippen molar-refractivity contribution in [3.05, 3.63) is 27.2 Å². The lowest BCUT2D eigenvalue weighted by Gasteiger charge is -2.33. The van der Waals surface area contributed by atoms with Crippen LogP contribution in [0.15, 0.2) is 10.5 Å². The summed E-state index contributed by atoms with van der Waals surface area (Å²) in [6, 6.07) is 1.85. The second-order valence-corrected chi connectivity index (χ2v) is 9.14. The Morgan fingerprint density at radius 3 is 1.92 bits per heavy atom. The van der Waals surface area contributed by atoms with Crippen LogP contribution in [0.1, 0.15) is 58.2 Å². The highest BCUT2D eigenvalue weighted by molar-refractivity contribution is 9.10. The highest BCUT2D eigenvalue weighted by Crippen LogP contribution is 2.45. The first-order valence-corrected chi connectivity index (χ1v) is 9.62. The van der Waals surface area contributed by atoms with Crippen molar-refractivity contribution >= 4 is 49.9 Å². The molecule has 0 aromatic heterocycles. The molecule has 0 saturated carbocycles. The molecule has 8 heteroatoms. The predicted octanol–water partition coefficient (Wildman–Crippen LogP) is 5.88. The number of rotatable bonds is 2. The minimum absolute atomic E-state index is 0.182. The Balaban J connectivity index is 2.77. The van der Waals surface area contributed by atoms with Crippen molar-refractivity contribution in [2.45, 2.75) is 57.7 Å². The summed E-state index contributed by atoms with van der Waals surface area (Å²) in [7, 11) is 0. The van der Waals surface area contributed by atoms with E-state index in [4.69, 9.17) is 9.68 Å². The van der Waals surface area contributed by atoms with Crippen LogP contribution in [0.25, 0.3) is 0 Å². The van der Waals surface area contributed by atoms with Gasteiger partial charge in [-0.15, -0.1) is 0 Å². The van der Waals surface area contributed by atoms with Gasteiger partial charge in [-0.05, 0) is 54.7 Å². The predicted molar refractivity (Wildman–Crippen MR) is 101 cm³/mol. The first kappa shape index (κ1) is 20.0. The molecule has 1 aromatic rings. The van der Waals surface area contributed by atoms with Crippen LogP contribution >= 0.6 is 31.9 Å². The molecule has 25 heavy (non-hydrogen) atoms. The number of cyclic esters (lactones) is 2. The van der Waals surface area contributed by atoms with E-state index in [1.54, 1.807) is 0 Å². The molecule has 6 nitrogen and oxygen atoms in total. The largest absolute Gasteiger partial charge is 0.546 e. The van der Waals surface area contributed by atoms with Crippen LogP contribution in [0, 0.1) is 0 Å². The molecule has 0 spiro atoms. The zero-order valence-electron chi connectivity index (χ0n) is 15.0. The Labute approximate surface area is 164 Å². The summed E-state index contributed by atoms with van der Waals surface area (Å²) in [6.07, 6.45) is -2.27. The number of carbonyl (C=O) groups excluding carboxylic acids is 2. The molecule has 0 amide bonds. The van der Waals surface area contributed by atoms with Crippen molar-refractivity contribution in [2.75, 3.05) is 5.23 Å². The van der Waals surface area contributed by atoms with Crippen molar-refractivity contribution in [1.82, 2.24) is 0 Å². The van der Waals surface area contributed by atoms with E-state index in [1.807, 2.05) is 6.07 Å². The summed E-state index contributed by atoms with van der Waals surface area (Å²) in [5.41, 5.74) is 3.25. The smallest absolute Gasteiger partial charge is 0.324 e.